The summed E-state index contributed by atoms with van der Waals surface area (Å²) in [6.07, 6.45) is 0. The largest absolute Gasteiger partial charge is 0.341 e. The molecule has 0 N–H and O–H groups in total. The molecule has 0 aliphatic heterocycles. The first-order valence-electron chi connectivity index (χ1n) is 31.3. The van der Waals surface area contributed by atoms with Gasteiger partial charge < -0.3 is 19.3 Å². The van der Waals surface area contributed by atoms with Gasteiger partial charge in [-0.2, -0.15) is 0 Å². The number of benzene rings is 18. The highest BCUT2D eigenvalue weighted by Gasteiger charge is 2.24. The van der Waals surface area contributed by atoms with E-state index in [1.165, 1.54) is 180 Å². The molecule has 1 aromatic heterocycles. The van der Waals surface area contributed by atoms with Crippen LogP contribution in [0.3, 0.4) is 0 Å². The Morgan fingerprint density at radius 1 is 0.227 bits per heavy atom. The number of anilines is 6. The van der Waals surface area contributed by atoms with E-state index in [0.29, 0.717) is 0 Å². The van der Waals surface area contributed by atoms with Gasteiger partial charge in [-0.05, 0) is 213 Å². The second-order valence-corrected chi connectivity index (χ2v) is 24.2. The van der Waals surface area contributed by atoms with E-state index in [1.807, 2.05) is 0 Å². The van der Waals surface area contributed by atoms with Gasteiger partial charge in [-0.1, -0.05) is 182 Å². The Morgan fingerprint density at radius 2 is 0.489 bits per heavy atom. The molecule has 88 heavy (non-hydrogen) atoms. The van der Waals surface area contributed by atoms with Gasteiger partial charge in [0.05, 0.1) is 11.0 Å². The molecule has 414 valence electrons. The topological polar surface area (TPSA) is 14.7 Å². The highest BCUT2D eigenvalue weighted by molar-refractivity contribution is 6.37. The molecule has 0 amide bonds. The minimum atomic E-state index is 0.798. The Kier molecular flexibility index (Phi) is 10.4. The summed E-state index contributed by atoms with van der Waals surface area (Å²) in [5.41, 5.74) is 10.6. The lowest BCUT2D eigenvalue weighted by Gasteiger charge is -2.27. The van der Waals surface area contributed by atoms with Crippen molar-refractivity contribution in [2.24, 2.45) is 0 Å². The molecular formula is C84H58N4. The van der Waals surface area contributed by atoms with E-state index in [2.05, 4.69) is 301 Å². The third-order valence-corrected chi connectivity index (χ3v) is 20.1. The molecular weight excluding hydrogens is 1060 g/mol. The molecule has 0 radical (unpaired) electrons. The monoisotopic (exact) mass is 1120 g/mol. The quantitative estimate of drug-likeness (QED) is 0.100. The minimum Gasteiger partial charge on any atom is -0.341 e. The molecule has 0 bridgehead atoms. The maximum atomic E-state index is 2.53. The van der Waals surface area contributed by atoms with Crippen LogP contribution in [0.2, 0.25) is 0 Å². The molecule has 0 spiro atoms. The second kappa shape index (κ2) is 18.5. The summed E-state index contributed by atoms with van der Waals surface area (Å²) in [4.78, 5) is 7.54. The highest BCUT2D eigenvalue weighted by atomic mass is 15.1. The summed E-state index contributed by atoms with van der Waals surface area (Å²) < 4.78 is 2.49. The summed E-state index contributed by atoms with van der Waals surface area (Å²) in [5.74, 6) is 0. The Bertz CT molecular complexity index is 5690. The molecule has 18 aromatic carbocycles. The molecule has 1 heterocycles. The van der Waals surface area contributed by atoms with Crippen LogP contribution < -0.4 is 14.7 Å². The maximum Gasteiger partial charge on any atom is 0.0542 e. The van der Waals surface area contributed by atoms with Gasteiger partial charge in [0.2, 0.25) is 0 Å². The van der Waals surface area contributed by atoms with Gasteiger partial charge in [0.1, 0.15) is 0 Å². The van der Waals surface area contributed by atoms with Gasteiger partial charge in [0.15, 0.2) is 0 Å². The van der Waals surface area contributed by atoms with E-state index < -0.39 is 0 Å². The fourth-order valence-electron chi connectivity index (χ4n) is 16.5. The first kappa shape index (κ1) is 49.3. The Morgan fingerprint density at radius 3 is 0.807 bits per heavy atom. The summed E-state index contributed by atoms with van der Waals surface area (Å²) >= 11 is 0. The molecule has 19 aromatic rings. The van der Waals surface area contributed by atoms with Gasteiger partial charge in [-0.25, -0.2) is 0 Å². The minimum absolute atomic E-state index is 0.798. The van der Waals surface area contributed by atoms with Crippen molar-refractivity contribution >= 4 is 185 Å². The predicted molar refractivity (Wildman–Crippen MR) is 382 cm³/mol. The van der Waals surface area contributed by atoms with Gasteiger partial charge in [-0.3, -0.25) is 0 Å². The zero-order chi connectivity index (χ0) is 58.0. The fraction of sp³-hybridized carbons (Fsp3) is 0.0714. The van der Waals surface area contributed by atoms with Crippen molar-refractivity contribution in [2.75, 3.05) is 34.3 Å². The summed E-state index contributed by atoms with van der Waals surface area (Å²) in [6, 6.07) is 99.1. The van der Waals surface area contributed by atoms with Crippen molar-refractivity contribution in [1.29, 1.82) is 0 Å². The SMILES string of the molecule is CCN(c1ccc(-n2c3ccc(N(CC)c4ccc5c6cccc7cccc(c8cccc4c85)c76)cc3c3cc(N(CC)c4ccc5c6cccc7cccc(c8cccc4c85)c76)ccc32)cc1)c1ccc2c3cccc4cccc(c5cccc1c52)c43. The first-order valence-corrected chi connectivity index (χ1v) is 31.3. The summed E-state index contributed by atoms with van der Waals surface area (Å²) in [6.45, 7) is 9.27. The van der Waals surface area contributed by atoms with Crippen LogP contribution in [0.15, 0.2) is 261 Å². The lowest BCUT2D eigenvalue weighted by molar-refractivity contribution is 1.03. The van der Waals surface area contributed by atoms with Crippen LogP contribution in [0.4, 0.5) is 34.1 Å². The van der Waals surface area contributed by atoms with Crippen LogP contribution in [0.5, 0.6) is 0 Å². The third-order valence-electron chi connectivity index (χ3n) is 20.1. The van der Waals surface area contributed by atoms with Crippen molar-refractivity contribution < 1.29 is 0 Å². The normalized spacial score (nSPS) is 12.4. The van der Waals surface area contributed by atoms with Crippen molar-refractivity contribution in [3.8, 4) is 5.69 Å². The molecule has 0 atom stereocenters. The number of hydrogen-bond donors (Lipinski definition) is 0. The van der Waals surface area contributed by atoms with Crippen LogP contribution in [-0.2, 0) is 0 Å². The molecule has 0 saturated carbocycles. The first-order chi connectivity index (χ1) is 43.5. The van der Waals surface area contributed by atoms with Crippen LogP contribution in [0.25, 0.3) is 157 Å². The van der Waals surface area contributed by atoms with Crippen molar-refractivity contribution in [1.82, 2.24) is 4.57 Å². The lowest BCUT2D eigenvalue weighted by atomic mass is 9.89. The van der Waals surface area contributed by atoms with E-state index in [9.17, 15) is 0 Å². The number of hydrogen-bond acceptors (Lipinski definition) is 3. The molecule has 0 aliphatic carbocycles. The van der Waals surface area contributed by atoms with Crippen molar-refractivity contribution in [3.63, 3.8) is 0 Å². The Labute approximate surface area is 508 Å². The van der Waals surface area contributed by atoms with Crippen LogP contribution in [0, 0.1) is 0 Å². The maximum absolute atomic E-state index is 2.53. The average molecular weight is 1120 g/mol. The fourth-order valence-corrected chi connectivity index (χ4v) is 16.5. The molecule has 4 heteroatoms. The Hall–Kier alpha value is -10.9. The van der Waals surface area contributed by atoms with Crippen LogP contribution in [0.1, 0.15) is 20.8 Å². The van der Waals surface area contributed by atoms with E-state index in [-0.39, 0.29) is 0 Å². The summed E-state index contributed by atoms with van der Waals surface area (Å²) in [7, 11) is 0. The third kappa shape index (κ3) is 6.69. The number of rotatable bonds is 10. The number of fused-ring (bicyclic) bond motifs is 9. The van der Waals surface area contributed by atoms with Gasteiger partial charge in [0, 0.05) is 86.4 Å². The highest BCUT2D eigenvalue weighted by Crippen LogP contribution is 2.49. The lowest BCUT2D eigenvalue weighted by Crippen LogP contribution is -2.16. The number of nitrogens with zero attached hydrogens (tertiary/aromatic N) is 4. The average Bonchev–Trinajstić information content (AvgIpc) is 1.34. The summed E-state index contributed by atoms with van der Waals surface area (Å²) in [5, 5.41) is 33.8. The standard InChI is InChI=1S/C84H58N4/c1-4-85(74-45-40-66-60-25-10-19-50-16-7-22-57(79(50)60)63-28-13-31-69(74)82(63)66)53-34-36-54(37-35-53)88-77-43-38-55(86(5-2)75-46-41-67-61-26-11-20-51-17-8-23-58(80(51)61)64-29-14-32-70(75)83(64)67)48-72(77)73-49-56(39-44-78(73)88)87(6-3)76-47-42-68-62-27-12-21-52-18-9-24-59(81(52)62)65-30-15-33-71(76)84(65)68/h7-49H,4-6H2,1-3H3. The van der Waals surface area contributed by atoms with E-state index in [0.717, 1.165) is 31.0 Å². The zero-order valence-corrected chi connectivity index (χ0v) is 49.2. The molecule has 0 unspecified atom stereocenters. The molecule has 0 aliphatic rings. The van der Waals surface area contributed by atoms with Crippen LogP contribution >= 0.6 is 0 Å². The van der Waals surface area contributed by atoms with Crippen molar-refractivity contribution in [2.45, 2.75) is 20.8 Å². The van der Waals surface area contributed by atoms with Gasteiger partial charge in [0.25, 0.3) is 0 Å². The predicted octanol–water partition coefficient (Wildman–Crippen LogP) is 23.4. The van der Waals surface area contributed by atoms with E-state index in [4.69, 9.17) is 0 Å². The smallest absolute Gasteiger partial charge is 0.0542 e. The van der Waals surface area contributed by atoms with Crippen molar-refractivity contribution in [3.05, 3.63) is 261 Å². The zero-order valence-electron chi connectivity index (χ0n) is 49.2. The van der Waals surface area contributed by atoms with Crippen LogP contribution in [-0.4, -0.2) is 24.2 Å². The molecule has 0 saturated heterocycles. The second-order valence-electron chi connectivity index (χ2n) is 24.2. The van der Waals surface area contributed by atoms with Gasteiger partial charge >= 0.3 is 0 Å². The van der Waals surface area contributed by atoms with E-state index >= 15 is 0 Å². The number of aromatic nitrogens is 1. The molecule has 4 nitrogen and oxygen atoms in total. The molecule has 19 rings (SSSR count). The van der Waals surface area contributed by atoms with Gasteiger partial charge in [-0.15, -0.1) is 0 Å². The van der Waals surface area contributed by atoms with E-state index in [1.54, 1.807) is 0 Å². The Balaban J connectivity index is 0.782. The molecule has 0 fully saturated rings.